The molecule has 0 aliphatic heterocycles. The third-order valence-corrected chi connectivity index (χ3v) is 3.48. The van der Waals surface area contributed by atoms with Gasteiger partial charge in [0.15, 0.2) is 5.78 Å². The lowest BCUT2D eigenvalue weighted by molar-refractivity contribution is -0.151. The van der Waals surface area contributed by atoms with Crippen molar-refractivity contribution in [2.24, 2.45) is 0 Å². The van der Waals surface area contributed by atoms with Crippen LogP contribution in [0.2, 0.25) is 0 Å². The predicted molar refractivity (Wildman–Crippen MR) is 67.8 cm³/mol. The molecule has 0 saturated carbocycles. The molecule has 92 valence electrons. The lowest BCUT2D eigenvalue weighted by Crippen LogP contribution is -2.19. The number of ketones is 2. The predicted octanol–water partition coefficient (Wildman–Crippen LogP) is 2.22. The maximum absolute atomic E-state index is 11.9. The number of Topliss-reactive ketones (excluding diaryl/α,β-unsaturated/α-hetero) is 2. The Morgan fingerprint density at radius 2 is 1.94 bits per heavy atom. The van der Waals surface area contributed by atoms with E-state index in [2.05, 4.69) is 4.74 Å². The molecule has 0 amide bonds. The number of esters is 1. The van der Waals surface area contributed by atoms with E-state index >= 15 is 0 Å². The number of carbonyl (C=O) groups excluding carboxylic acids is 3. The van der Waals surface area contributed by atoms with Gasteiger partial charge in [-0.2, -0.15) is 0 Å². The van der Waals surface area contributed by atoms with Crippen LogP contribution in [0.15, 0.2) is 29.6 Å². The average molecular weight is 262 g/mol. The standard InChI is InChI=1S/C13H10O4S/c1-17-13(16)11(15)6-10(14)9-7-18-12-5-3-2-4-8(9)12/h2-5,7H,6H2,1H3. The van der Waals surface area contributed by atoms with Gasteiger partial charge in [-0.05, 0) is 6.07 Å². The molecule has 0 aliphatic carbocycles. The minimum absolute atomic E-state index is 0.358. The van der Waals surface area contributed by atoms with E-state index in [0.717, 1.165) is 17.2 Å². The maximum atomic E-state index is 11.9. The summed E-state index contributed by atoms with van der Waals surface area (Å²) in [6.07, 6.45) is -0.451. The highest BCUT2D eigenvalue weighted by Crippen LogP contribution is 2.26. The molecule has 0 N–H and O–H groups in total. The van der Waals surface area contributed by atoms with Gasteiger partial charge < -0.3 is 4.74 Å². The van der Waals surface area contributed by atoms with Crippen molar-refractivity contribution >= 4 is 39.0 Å². The van der Waals surface area contributed by atoms with Crippen LogP contribution in [0.25, 0.3) is 10.1 Å². The molecular weight excluding hydrogens is 252 g/mol. The summed E-state index contributed by atoms with van der Waals surface area (Å²) in [5.74, 6) is -2.16. The Hall–Kier alpha value is -2.01. The second kappa shape index (κ2) is 5.10. The Morgan fingerprint density at radius 3 is 2.67 bits per heavy atom. The smallest absolute Gasteiger partial charge is 0.374 e. The fraction of sp³-hybridized carbons (Fsp3) is 0.154. The van der Waals surface area contributed by atoms with E-state index in [1.807, 2.05) is 24.3 Å². The van der Waals surface area contributed by atoms with Crippen molar-refractivity contribution in [3.05, 3.63) is 35.2 Å². The number of benzene rings is 1. The molecular formula is C13H10O4S. The minimum atomic E-state index is -0.983. The highest BCUT2D eigenvalue weighted by Gasteiger charge is 2.21. The van der Waals surface area contributed by atoms with Crippen LogP contribution in [0, 0.1) is 0 Å². The minimum Gasteiger partial charge on any atom is -0.463 e. The quantitative estimate of drug-likeness (QED) is 0.367. The first-order valence-electron chi connectivity index (χ1n) is 5.24. The van der Waals surface area contributed by atoms with Crippen molar-refractivity contribution in [3.63, 3.8) is 0 Å². The van der Waals surface area contributed by atoms with Gasteiger partial charge in [0.05, 0.1) is 13.5 Å². The van der Waals surface area contributed by atoms with Crippen LogP contribution in [-0.4, -0.2) is 24.6 Å². The summed E-state index contributed by atoms with van der Waals surface area (Å²) in [6, 6.07) is 7.43. The molecule has 18 heavy (non-hydrogen) atoms. The highest BCUT2D eigenvalue weighted by molar-refractivity contribution is 7.17. The number of carbonyl (C=O) groups is 3. The number of hydrogen-bond donors (Lipinski definition) is 0. The van der Waals surface area contributed by atoms with Crippen LogP contribution in [0.5, 0.6) is 0 Å². The normalized spacial score (nSPS) is 10.3. The van der Waals surface area contributed by atoms with E-state index in [0.29, 0.717) is 5.56 Å². The van der Waals surface area contributed by atoms with Gasteiger partial charge in [-0.15, -0.1) is 11.3 Å². The van der Waals surface area contributed by atoms with Crippen LogP contribution in [0.3, 0.4) is 0 Å². The largest absolute Gasteiger partial charge is 0.463 e. The Kier molecular flexibility index (Phi) is 3.53. The zero-order valence-corrected chi connectivity index (χ0v) is 10.5. The molecule has 0 unspecified atom stereocenters. The summed E-state index contributed by atoms with van der Waals surface area (Å²) in [5, 5.41) is 2.52. The molecule has 0 bridgehead atoms. The topological polar surface area (TPSA) is 60.4 Å². The van der Waals surface area contributed by atoms with Crippen LogP contribution < -0.4 is 0 Å². The van der Waals surface area contributed by atoms with E-state index in [9.17, 15) is 14.4 Å². The first kappa shape index (κ1) is 12.4. The van der Waals surface area contributed by atoms with Crippen molar-refractivity contribution in [2.45, 2.75) is 6.42 Å². The van der Waals surface area contributed by atoms with Gasteiger partial charge in [0.2, 0.25) is 5.78 Å². The van der Waals surface area contributed by atoms with E-state index in [1.165, 1.54) is 11.3 Å². The molecule has 1 aromatic carbocycles. The summed E-state index contributed by atoms with van der Waals surface area (Å²) in [7, 11) is 1.12. The highest BCUT2D eigenvalue weighted by atomic mass is 32.1. The molecule has 1 aromatic heterocycles. The van der Waals surface area contributed by atoms with Crippen LogP contribution in [-0.2, 0) is 14.3 Å². The second-order valence-electron chi connectivity index (χ2n) is 3.66. The van der Waals surface area contributed by atoms with Gasteiger partial charge in [-0.3, -0.25) is 9.59 Å². The molecule has 0 aliphatic rings. The lowest BCUT2D eigenvalue weighted by Gasteiger charge is -1.98. The zero-order chi connectivity index (χ0) is 13.1. The number of hydrogen-bond acceptors (Lipinski definition) is 5. The third kappa shape index (κ3) is 2.31. The van der Waals surface area contributed by atoms with E-state index in [-0.39, 0.29) is 5.78 Å². The molecule has 2 rings (SSSR count). The maximum Gasteiger partial charge on any atom is 0.374 e. The summed E-state index contributed by atoms with van der Waals surface area (Å²) in [6.45, 7) is 0. The van der Waals surface area contributed by atoms with Gasteiger partial charge in [0, 0.05) is 21.0 Å². The second-order valence-corrected chi connectivity index (χ2v) is 4.57. The van der Waals surface area contributed by atoms with Crippen LogP contribution in [0.4, 0.5) is 0 Å². The van der Waals surface area contributed by atoms with E-state index in [1.54, 1.807) is 5.38 Å². The van der Waals surface area contributed by atoms with Gasteiger partial charge in [-0.25, -0.2) is 4.79 Å². The number of rotatable bonds is 4. The molecule has 2 aromatic rings. The number of thiophene rings is 1. The first-order valence-corrected chi connectivity index (χ1v) is 6.12. The van der Waals surface area contributed by atoms with Crippen molar-refractivity contribution in [1.82, 2.24) is 0 Å². The molecule has 0 spiro atoms. The zero-order valence-electron chi connectivity index (χ0n) is 9.64. The molecule has 0 fully saturated rings. The van der Waals surface area contributed by atoms with Crippen LogP contribution in [0.1, 0.15) is 16.8 Å². The van der Waals surface area contributed by atoms with Gasteiger partial charge in [-0.1, -0.05) is 18.2 Å². The monoisotopic (exact) mass is 262 g/mol. The Morgan fingerprint density at radius 1 is 1.22 bits per heavy atom. The number of ether oxygens (including phenoxy) is 1. The van der Waals surface area contributed by atoms with Crippen molar-refractivity contribution in [2.75, 3.05) is 7.11 Å². The molecule has 0 radical (unpaired) electrons. The molecule has 5 heteroatoms. The first-order chi connectivity index (χ1) is 8.63. The number of fused-ring (bicyclic) bond motifs is 1. The van der Waals surface area contributed by atoms with E-state index < -0.39 is 18.2 Å². The summed E-state index contributed by atoms with van der Waals surface area (Å²) in [4.78, 5) is 34.2. The van der Waals surface area contributed by atoms with Crippen molar-refractivity contribution in [3.8, 4) is 0 Å². The van der Waals surface area contributed by atoms with Gasteiger partial charge in [0.1, 0.15) is 0 Å². The third-order valence-electron chi connectivity index (χ3n) is 2.52. The van der Waals surface area contributed by atoms with Gasteiger partial charge >= 0.3 is 5.97 Å². The summed E-state index contributed by atoms with van der Waals surface area (Å²) >= 11 is 1.44. The molecule has 4 nitrogen and oxygen atoms in total. The Balaban J connectivity index is 2.24. The lowest BCUT2D eigenvalue weighted by atomic mass is 10.1. The van der Waals surface area contributed by atoms with Gasteiger partial charge in [0.25, 0.3) is 0 Å². The molecule has 1 heterocycles. The SMILES string of the molecule is COC(=O)C(=O)CC(=O)c1csc2ccccc12. The number of methoxy groups -OCH3 is 1. The van der Waals surface area contributed by atoms with Crippen molar-refractivity contribution < 1.29 is 19.1 Å². The fourth-order valence-electron chi connectivity index (χ4n) is 1.62. The average Bonchev–Trinajstić information content (AvgIpc) is 2.81. The summed E-state index contributed by atoms with van der Waals surface area (Å²) in [5.41, 5.74) is 0.479. The Bertz CT molecular complexity index is 627. The van der Waals surface area contributed by atoms with Crippen molar-refractivity contribution in [1.29, 1.82) is 0 Å². The molecule has 0 saturated heterocycles. The molecule has 0 atom stereocenters. The summed E-state index contributed by atoms with van der Waals surface area (Å²) < 4.78 is 5.26. The van der Waals surface area contributed by atoms with Crippen LogP contribution >= 0.6 is 11.3 Å². The van der Waals surface area contributed by atoms with E-state index in [4.69, 9.17) is 0 Å². The fourth-order valence-corrected chi connectivity index (χ4v) is 2.59. The Labute approximate surface area is 107 Å².